The fraction of sp³-hybridized carbons (Fsp3) is 0.529. The number of nitrogens with zero attached hydrogens (tertiary/aromatic N) is 3. The van der Waals surface area contributed by atoms with E-state index in [1.54, 1.807) is 24.1 Å². The highest BCUT2D eigenvalue weighted by atomic mass is 35.5. The Kier molecular flexibility index (Phi) is 5.24. The zero-order chi connectivity index (χ0) is 18.9. The minimum atomic E-state index is -0.301. The van der Waals surface area contributed by atoms with Gasteiger partial charge < -0.3 is 10.7 Å². The van der Waals surface area contributed by atoms with Crippen LogP contribution in [-0.2, 0) is 0 Å². The highest BCUT2D eigenvalue weighted by molar-refractivity contribution is 6.30. The van der Waals surface area contributed by atoms with Crippen molar-refractivity contribution in [3.63, 3.8) is 0 Å². The van der Waals surface area contributed by atoms with Crippen molar-refractivity contribution in [2.45, 2.75) is 31.6 Å². The van der Waals surface area contributed by atoms with Crippen molar-refractivity contribution < 1.29 is 9.18 Å². The summed E-state index contributed by atoms with van der Waals surface area (Å²) in [5, 5.41) is 7.38. The zero-order valence-corrected chi connectivity index (χ0v) is 15.5. The number of carbonyl (C=O) groups excluding carboxylic acids is 1. The fourth-order valence-electron chi connectivity index (χ4n) is 4.02. The van der Waals surface area contributed by atoms with Crippen LogP contribution in [0.1, 0.15) is 37.2 Å². The van der Waals surface area contributed by atoms with E-state index in [9.17, 15) is 9.18 Å². The van der Waals surface area contributed by atoms with Gasteiger partial charge in [0.2, 0.25) is 5.96 Å². The number of hydrazone groups is 1. The maximum atomic E-state index is 14.2. The van der Waals surface area contributed by atoms with Crippen LogP contribution in [0.3, 0.4) is 0 Å². The first kappa shape index (κ1) is 18.7. The third-order valence-electron chi connectivity index (χ3n) is 5.57. The van der Waals surface area contributed by atoms with E-state index in [0.717, 1.165) is 30.7 Å². The van der Waals surface area contributed by atoms with Crippen LogP contribution in [0.25, 0.3) is 0 Å². The van der Waals surface area contributed by atoms with Crippen molar-refractivity contribution in [2.24, 2.45) is 22.2 Å². The molecule has 7 nitrogen and oxygen atoms in total. The molecular weight excluding hydrogens is 359 g/mol. The molecule has 1 spiro atoms. The minimum Gasteiger partial charge on any atom is -0.324 e. The predicted molar refractivity (Wildman–Crippen MR) is 98.7 cm³/mol. The maximum Gasteiger partial charge on any atom is 0.324 e. The summed E-state index contributed by atoms with van der Waals surface area (Å²) in [6.45, 7) is 1.28. The normalized spacial score (nSPS) is 20.0. The summed E-state index contributed by atoms with van der Waals surface area (Å²) in [6.07, 6.45) is 3.65. The molecule has 2 aliphatic rings. The van der Waals surface area contributed by atoms with E-state index in [1.165, 1.54) is 0 Å². The zero-order valence-electron chi connectivity index (χ0n) is 14.7. The molecule has 0 bridgehead atoms. The Morgan fingerprint density at radius 2 is 2.08 bits per heavy atom. The molecule has 1 saturated heterocycles. The molecule has 2 amide bonds. The number of guanidine groups is 1. The van der Waals surface area contributed by atoms with Crippen molar-refractivity contribution >= 4 is 23.6 Å². The molecule has 1 aromatic rings. The number of nitrogens with two attached hydrogens (primary N) is 2. The lowest BCUT2D eigenvalue weighted by Crippen LogP contribution is -2.54. The Balaban J connectivity index is 1.54. The average molecular weight is 383 g/mol. The number of likely N-dealkylation sites (tertiary alicyclic amines) is 1. The Hall–Kier alpha value is -2.06. The molecule has 0 atom stereocenters. The van der Waals surface area contributed by atoms with Gasteiger partial charge in [-0.25, -0.2) is 15.0 Å². The van der Waals surface area contributed by atoms with Crippen LogP contribution in [-0.4, -0.2) is 42.0 Å². The molecule has 1 aliphatic heterocycles. The lowest BCUT2D eigenvalue weighted by molar-refractivity contribution is 0.0267. The van der Waals surface area contributed by atoms with Crippen molar-refractivity contribution in [1.82, 2.24) is 15.2 Å². The van der Waals surface area contributed by atoms with Crippen LogP contribution in [0.15, 0.2) is 23.3 Å². The number of carbonyl (C=O) groups is 1. The summed E-state index contributed by atoms with van der Waals surface area (Å²) < 4.78 is 14.2. The van der Waals surface area contributed by atoms with Crippen LogP contribution in [0.5, 0.6) is 0 Å². The molecule has 142 valence electrons. The van der Waals surface area contributed by atoms with Gasteiger partial charge in [-0.1, -0.05) is 23.7 Å². The van der Waals surface area contributed by atoms with Crippen LogP contribution >= 0.6 is 11.6 Å². The summed E-state index contributed by atoms with van der Waals surface area (Å²) in [7, 11) is 1.54. The van der Waals surface area contributed by atoms with Gasteiger partial charge in [0.05, 0.1) is 5.02 Å². The van der Waals surface area contributed by atoms with E-state index in [1.807, 2.05) is 6.07 Å². The van der Waals surface area contributed by atoms with Crippen LogP contribution in [0.2, 0.25) is 5.02 Å². The molecular formula is C17H24ClFN6O. The fourth-order valence-corrected chi connectivity index (χ4v) is 4.20. The summed E-state index contributed by atoms with van der Waals surface area (Å²) >= 11 is 5.89. The summed E-state index contributed by atoms with van der Waals surface area (Å²) in [6, 6.07) is 4.92. The largest absolute Gasteiger partial charge is 0.324 e. The van der Waals surface area contributed by atoms with Gasteiger partial charge in [0.1, 0.15) is 5.82 Å². The Bertz CT molecular complexity index is 709. The van der Waals surface area contributed by atoms with Crippen LogP contribution in [0, 0.1) is 11.2 Å². The first-order chi connectivity index (χ1) is 12.3. The summed E-state index contributed by atoms with van der Waals surface area (Å²) in [5.41, 5.74) is 0.893. The summed E-state index contributed by atoms with van der Waals surface area (Å²) in [5.74, 6) is 10.8. The number of benzene rings is 1. The molecule has 3 rings (SSSR count). The van der Waals surface area contributed by atoms with Gasteiger partial charge in [0, 0.05) is 20.1 Å². The SMILES string of the molecule is CN(N)/C(=N\N)NC(=O)N1CCC2(CC1)CC(c1cccc(Cl)c1F)C2. The van der Waals surface area contributed by atoms with Gasteiger partial charge in [-0.15, -0.1) is 5.10 Å². The monoisotopic (exact) mass is 382 g/mol. The summed E-state index contributed by atoms with van der Waals surface area (Å²) in [4.78, 5) is 14.0. The van der Waals surface area contributed by atoms with Gasteiger partial charge in [-0.2, -0.15) is 0 Å². The Labute approximate surface area is 157 Å². The molecule has 0 unspecified atom stereocenters. The number of amides is 2. The molecule has 1 saturated carbocycles. The number of piperidine rings is 1. The van der Waals surface area contributed by atoms with Crippen molar-refractivity contribution in [3.8, 4) is 0 Å². The number of hydrogen-bond donors (Lipinski definition) is 3. The predicted octanol–water partition coefficient (Wildman–Crippen LogP) is 2.18. The van der Waals surface area contributed by atoms with Gasteiger partial charge in [-0.05, 0) is 48.6 Å². The van der Waals surface area contributed by atoms with Crippen LogP contribution < -0.4 is 17.0 Å². The molecule has 1 aromatic carbocycles. The first-order valence-corrected chi connectivity index (χ1v) is 8.99. The second-order valence-electron chi connectivity index (χ2n) is 7.23. The average Bonchev–Trinajstić information content (AvgIpc) is 2.60. The van der Waals surface area contributed by atoms with Crippen LogP contribution in [0.4, 0.5) is 9.18 Å². The number of hydrazine groups is 1. The van der Waals surface area contributed by atoms with Crippen molar-refractivity contribution in [2.75, 3.05) is 20.1 Å². The smallest absolute Gasteiger partial charge is 0.324 e. The highest BCUT2D eigenvalue weighted by Crippen LogP contribution is 2.57. The molecule has 0 aromatic heterocycles. The number of nitrogens with one attached hydrogen (secondary N) is 1. The van der Waals surface area contributed by atoms with Crippen molar-refractivity contribution in [1.29, 1.82) is 0 Å². The van der Waals surface area contributed by atoms with Gasteiger partial charge >= 0.3 is 6.03 Å². The number of halogens is 2. The van der Waals surface area contributed by atoms with E-state index < -0.39 is 0 Å². The Morgan fingerprint density at radius 1 is 1.42 bits per heavy atom. The first-order valence-electron chi connectivity index (χ1n) is 8.61. The van der Waals surface area contributed by atoms with E-state index >= 15 is 0 Å². The highest BCUT2D eigenvalue weighted by Gasteiger charge is 2.47. The standard InChI is InChI=1S/C17H24ClFN6O/c1-24(21)15(23-20)22-16(26)25-7-5-17(6-8-25)9-11(10-17)12-3-2-4-13(18)14(12)19/h2-4,11H,5-10,20-21H2,1H3,(H,22,23,26). The Morgan fingerprint density at radius 3 is 2.65 bits per heavy atom. The van der Waals surface area contributed by atoms with Gasteiger partial charge in [-0.3, -0.25) is 10.3 Å². The molecule has 0 radical (unpaired) electrons. The third kappa shape index (κ3) is 3.57. The van der Waals surface area contributed by atoms with Gasteiger partial charge in [0.25, 0.3) is 0 Å². The minimum absolute atomic E-state index is 0.107. The van der Waals surface area contributed by atoms with E-state index in [-0.39, 0.29) is 34.2 Å². The maximum absolute atomic E-state index is 14.2. The van der Waals surface area contributed by atoms with Crippen molar-refractivity contribution in [3.05, 3.63) is 34.6 Å². The molecule has 9 heteroatoms. The number of rotatable bonds is 1. The van der Waals surface area contributed by atoms with E-state index in [2.05, 4.69) is 10.4 Å². The van der Waals surface area contributed by atoms with E-state index in [4.69, 9.17) is 23.3 Å². The molecule has 1 heterocycles. The topological polar surface area (TPSA) is 100.0 Å². The third-order valence-corrected chi connectivity index (χ3v) is 5.86. The second-order valence-corrected chi connectivity index (χ2v) is 7.64. The number of hydrogen-bond acceptors (Lipinski definition) is 4. The lowest BCUT2D eigenvalue weighted by Gasteiger charge is -2.52. The van der Waals surface area contributed by atoms with E-state index in [0.29, 0.717) is 18.7 Å². The molecule has 5 N–H and O–H groups in total. The quantitative estimate of drug-likeness (QED) is 0.300. The lowest BCUT2D eigenvalue weighted by atomic mass is 9.56. The molecule has 1 aliphatic carbocycles. The molecule has 2 fully saturated rings. The van der Waals surface area contributed by atoms with Gasteiger partial charge in [0.15, 0.2) is 0 Å². The number of urea groups is 1. The molecule has 26 heavy (non-hydrogen) atoms. The second kappa shape index (κ2) is 7.28.